The molecule has 19 heavy (non-hydrogen) atoms. The van der Waals surface area contributed by atoms with E-state index in [1.165, 1.54) is 18.5 Å². The van der Waals surface area contributed by atoms with E-state index in [0.29, 0.717) is 12.1 Å². The van der Waals surface area contributed by atoms with Gasteiger partial charge in [0.2, 0.25) is 0 Å². The van der Waals surface area contributed by atoms with Gasteiger partial charge in [-0.2, -0.15) is 5.10 Å². The van der Waals surface area contributed by atoms with E-state index < -0.39 is 5.82 Å². The quantitative estimate of drug-likeness (QED) is 0.750. The number of ether oxygens (including phenoxy) is 1. The molecule has 2 aromatic rings. The number of benzene rings is 1. The summed E-state index contributed by atoms with van der Waals surface area (Å²) in [4.78, 5) is 14.6. The molecule has 0 aliphatic rings. The van der Waals surface area contributed by atoms with Crippen molar-refractivity contribution in [1.29, 1.82) is 0 Å². The Morgan fingerprint density at radius 1 is 1.47 bits per heavy atom. The van der Waals surface area contributed by atoms with Crippen molar-refractivity contribution in [3.8, 4) is 5.75 Å². The van der Waals surface area contributed by atoms with Gasteiger partial charge in [-0.1, -0.05) is 6.92 Å². The van der Waals surface area contributed by atoms with E-state index >= 15 is 0 Å². The van der Waals surface area contributed by atoms with Crippen LogP contribution in [0.1, 0.15) is 29.5 Å². The molecule has 1 heterocycles. The summed E-state index contributed by atoms with van der Waals surface area (Å²) in [6.07, 6.45) is 2.96. The molecule has 0 aliphatic carbocycles. The highest BCUT2D eigenvalue weighted by atomic mass is 19.1. The molecule has 6 heteroatoms. The van der Waals surface area contributed by atoms with Crippen LogP contribution in [0.5, 0.6) is 5.75 Å². The molecular formula is C13H14FN3O2. The SMILES string of the molecule is CCCn1ncnc1COc1ccc(C=O)cc1F. The van der Waals surface area contributed by atoms with Crippen LogP contribution in [0.15, 0.2) is 24.5 Å². The largest absolute Gasteiger partial charge is 0.483 e. The Labute approximate surface area is 110 Å². The van der Waals surface area contributed by atoms with Crippen LogP contribution in [0.2, 0.25) is 0 Å². The Morgan fingerprint density at radius 3 is 3.00 bits per heavy atom. The number of rotatable bonds is 6. The highest BCUT2D eigenvalue weighted by Gasteiger charge is 2.08. The van der Waals surface area contributed by atoms with Crippen molar-refractivity contribution in [2.24, 2.45) is 0 Å². The van der Waals surface area contributed by atoms with Crippen LogP contribution in [0.25, 0.3) is 0 Å². The molecule has 0 unspecified atom stereocenters. The molecule has 1 aromatic carbocycles. The molecule has 0 saturated carbocycles. The zero-order chi connectivity index (χ0) is 13.7. The molecule has 0 N–H and O–H groups in total. The van der Waals surface area contributed by atoms with E-state index in [9.17, 15) is 9.18 Å². The summed E-state index contributed by atoms with van der Waals surface area (Å²) in [6.45, 7) is 2.91. The second kappa shape index (κ2) is 6.08. The van der Waals surface area contributed by atoms with Gasteiger partial charge < -0.3 is 4.74 Å². The Balaban J connectivity index is 2.06. The monoisotopic (exact) mass is 263 g/mol. The van der Waals surface area contributed by atoms with Crippen molar-refractivity contribution < 1.29 is 13.9 Å². The Bertz CT molecular complexity index is 569. The Morgan fingerprint density at radius 2 is 2.32 bits per heavy atom. The van der Waals surface area contributed by atoms with Gasteiger partial charge in [0.05, 0.1) is 0 Å². The molecule has 100 valence electrons. The van der Waals surface area contributed by atoms with Crippen LogP contribution in [-0.4, -0.2) is 21.1 Å². The van der Waals surface area contributed by atoms with E-state index in [-0.39, 0.29) is 17.9 Å². The predicted molar refractivity (Wildman–Crippen MR) is 66.4 cm³/mol. The number of nitrogens with zero attached hydrogens (tertiary/aromatic N) is 3. The van der Waals surface area contributed by atoms with Crippen molar-refractivity contribution in [1.82, 2.24) is 14.8 Å². The van der Waals surface area contributed by atoms with E-state index in [1.807, 2.05) is 6.92 Å². The van der Waals surface area contributed by atoms with E-state index in [2.05, 4.69) is 10.1 Å². The van der Waals surface area contributed by atoms with Gasteiger partial charge in [0.1, 0.15) is 19.2 Å². The predicted octanol–water partition coefficient (Wildman–Crippen LogP) is 2.22. The number of aromatic nitrogens is 3. The summed E-state index contributed by atoms with van der Waals surface area (Å²) in [5.74, 6) is 0.170. The summed E-state index contributed by atoms with van der Waals surface area (Å²) in [5.41, 5.74) is 0.277. The summed E-state index contributed by atoms with van der Waals surface area (Å²) < 4.78 is 20.7. The number of halogens is 1. The number of carbonyl (C=O) groups excluding carboxylic acids is 1. The van der Waals surface area contributed by atoms with Crippen LogP contribution in [0.4, 0.5) is 4.39 Å². The normalized spacial score (nSPS) is 10.4. The second-order valence-corrected chi connectivity index (χ2v) is 4.00. The summed E-state index contributed by atoms with van der Waals surface area (Å²) in [7, 11) is 0. The maximum absolute atomic E-state index is 13.6. The highest BCUT2D eigenvalue weighted by molar-refractivity contribution is 5.74. The first-order valence-corrected chi connectivity index (χ1v) is 5.98. The van der Waals surface area contributed by atoms with Crippen molar-refractivity contribution >= 4 is 6.29 Å². The number of aldehydes is 1. The standard InChI is InChI=1S/C13H14FN3O2/c1-2-5-17-13(15-9-16-17)8-19-12-4-3-10(7-18)6-11(12)14/h3-4,6-7,9H,2,5,8H2,1H3. The van der Waals surface area contributed by atoms with Gasteiger partial charge in [-0.25, -0.2) is 14.1 Å². The molecule has 0 amide bonds. The number of hydrogen-bond donors (Lipinski definition) is 0. The van der Waals surface area contributed by atoms with Crippen LogP contribution in [0.3, 0.4) is 0 Å². The highest BCUT2D eigenvalue weighted by Crippen LogP contribution is 2.18. The van der Waals surface area contributed by atoms with Gasteiger partial charge in [-0.3, -0.25) is 4.79 Å². The average molecular weight is 263 g/mol. The van der Waals surface area contributed by atoms with Crippen LogP contribution < -0.4 is 4.74 Å². The van der Waals surface area contributed by atoms with Crippen molar-refractivity contribution in [3.63, 3.8) is 0 Å². The number of hydrogen-bond acceptors (Lipinski definition) is 4. The summed E-state index contributed by atoms with van der Waals surface area (Å²) >= 11 is 0. The Hall–Kier alpha value is -2.24. The van der Waals surface area contributed by atoms with Gasteiger partial charge in [-0.05, 0) is 24.6 Å². The minimum absolute atomic E-state index is 0.0941. The van der Waals surface area contributed by atoms with Gasteiger partial charge in [-0.15, -0.1) is 0 Å². The zero-order valence-corrected chi connectivity index (χ0v) is 10.5. The fraction of sp³-hybridized carbons (Fsp3) is 0.308. The van der Waals surface area contributed by atoms with Gasteiger partial charge in [0.25, 0.3) is 0 Å². The zero-order valence-electron chi connectivity index (χ0n) is 10.5. The molecule has 0 radical (unpaired) electrons. The van der Waals surface area contributed by atoms with Crippen molar-refractivity contribution in [3.05, 3.63) is 41.7 Å². The molecule has 5 nitrogen and oxygen atoms in total. The summed E-state index contributed by atoms with van der Waals surface area (Å²) in [6, 6.07) is 4.07. The lowest BCUT2D eigenvalue weighted by molar-refractivity contribution is 0.112. The summed E-state index contributed by atoms with van der Waals surface area (Å²) in [5, 5.41) is 4.05. The molecule has 0 spiro atoms. The first-order chi connectivity index (χ1) is 9.24. The molecule has 0 saturated heterocycles. The molecule has 0 fully saturated rings. The van der Waals surface area contributed by atoms with Crippen LogP contribution in [0, 0.1) is 5.82 Å². The molecule has 0 bridgehead atoms. The van der Waals surface area contributed by atoms with Crippen LogP contribution >= 0.6 is 0 Å². The van der Waals surface area contributed by atoms with Gasteiger partial charge in [0.15, 0.2) is 17.4 Å². The third-order valence-corrected chi connectivity index (χ3v) is 2.58. The fourth-order valence-electron chi connectivity index (χ4n) is 1.65. The maximum Gasteiger partial charge on any atom is 0.165 e. The number of aryl methyl sites for hydroxylation is 1. The number of carbonyl (C=O) groups is 1. The Kier molecular flexibility index (Phi) is 4.22. The third-order valence-electron chi connectivity index (χ3n) is 2.58. The molecule has 0 atom stereocenters. The lowest BCUT2D eigenvalue weighted by Gasteiger charge is -2.08. The second-order valence-electron chi connectivity index (χ2n) is 4.00. The first kappa shape index (κ1) is 13.2. The first-order valence-electron chi connectivity index (χ1n) is 5.98. The molecule has 1 aromatic heterocycles. The van der Waals surface area contributed by atoms with Crippen molar-refractivity contribution in [2.45, 2.75) is 26.5 Å². The lowest BCUT2D eigenvalue weighted by atomic mass is 10.2. The van der Waals surface area contributed by atoms with Gasteiger partial charge >= 0.3 is 0 Å². The van der Waals surface area contributed by atoms with Crippen molar-refractivity contribution in [2.75, 3.05) is 0 Å². The average Bonchev–Trinajstić information content (AvgIpc) is 2.85. The topological polar surface area (TPSA) is 57.0 Å². The lowest BCUT2D eigenvalue weighted by Crippen LogP contribution is -2.09. The minimum Gasteiger partial charge on any atom is -0.483 e. The third kappa shape index (κ3) is 3.15. The van der Waals surface area contributed by atoms with Crippen LogP contribution in [-0.2, 0) is 13.2 Å². The molecule has 2 rings (SSSR count). The van der Waals surface area contributed by atoms with Gasteiger partial charge in [0, 0.05) is 12.1 Å². The molecule has 0 aliphatic heterocycles. The van der Waals surface area contributed by atoms with E-state index in [4.69, 9.17) is 4.74 Å². The maximum atomic E-state index is 13.6. The fourth-order valence-corrected chi connectivity index (χ4v) is 1.65. The minimum atomic E-state index is -0.564. The van der Waals surface area contributed by atoms with E-state index in [1.54, 1.807) is 4.68 Å². The smallest absolute Gasteiger partial charge is 0.165 e. The van der Waals surface area contributed by atoms with E-state index in [0.717, 1.165) is 19.0 Å². The molecular weight excluding hydrogens is 249 g/mol.